The van der Waals surface area contributed by atoms with Gasteiger partial charge in [0.05, 0.1) is 12.1 Å². The normalized spacial score (nSPS) is 19.2. The van der Waals surface area contributed by atoms with Gasteiger partial charge in [0.15, 0.2) is 0 Å². The fourth-order valence-corrected chi connectivity index (χ4v) is 1.05. The topological polar surface area (TPSA) is 61.3 Å². The quantitative estimate of drug-likeness (QED) is 0.732. The van der Waals surface area contributed by atoms with Crippen molar-refractivity contribution in [1.29, 1.82) is 0 Å². The van der Waals surface area contributed by atoms with Gasteiger partial charge in [-0.25, -0.2) is 4.98 Å². The number of aromatic nitrogens is 1. The highest BCUT2D eigenvalue weighted by Crippen LogP contribution is 2.42. The van der Waals surface area contributed by atoms with Crippen LogP contribution in [0.2, 0.25) is 0 Å². The van der Waals surface area contributed by atoms with Crippen LogP contribution in [0.3, 0.4) is 0 Å². The Bertz CT molecular complexity index is 278. The Balaban J connectivity index is 2.13. The van der Waals surface area contributed by atoms with E-state index in [1.807, 2.05) is 6.92 Å². The van der Waals surface area contributed by atoms with E-state index < -0.39 is 0 Å². The van der Waals surface area contributed by atoms with Gasteiger partial charge < -0.3 is 14.9 Å². The molecule has 0 saturated heterocycles. The van der Waals surface area contributed by atoms with Crippen molar-refractivity contribution in [3.8, 4) is 5.95 Å². The molecule has 0 aromatic carbocycles. The van der Waals surface area contributed by atoms with Crippen molar-refractivity contribution in [1.82, 2.24) is 4.98 Å². The summed E-state index contributed by atoms with van der Waals surface area (Å²) in [5, 5.41) is 0. The Morgan fingerprint density at radius 1 is 1.75 bits per heavy atom. The molecule has 0 amide bonds. The monoisotopic (exact) mass is 168 g/mol. The van der Waals surface area contributed by atoms with Gasteiger partial charge in [0.25, 0.3) is 0 Å². The van der Waals surface area contributed by atoms with E-state index in [2.05, 4.69) is 4.98 Å². The number of oxazole rings is 1. The largest absolute Gasteiger partial charge is 0.464 e. The summed E-state index contributed by atoms with van der Waals surface area (Å²) in [6, 6.07) is 0. The minimum atomic E-state index is -0.296. The standard InChI is InChI=1S/C8H12N2O2/c1-2-11-6-5-10-7(12-6)8(9)3-4-8/h5H,2-4,9H2,1H3. The molecule has 4 nitrogen and oxygen atoms in total. The van der Waals surface area contributed by atoms with Gasteiger partial charge in [0.1, 0.15) is 6.20 Å². The summed E-state index contributed by atoms with van der Waals surface area (Å²) in [6.07, 6.45) is 3.49. The first-order valence-corrected chi connectivity index (χ1v) is 4.12. The Hall–Kier alpha value is -1.03. The fourth-order valence-electron chi connectivity index (χ4n) is 1.05. The summed E-state index contributed by atoms with van der Waals surface area (Å²) in [5.41, 5.74) is 5.57. The van der Waals surface area contributed by atoms with E-state index in [9.17, 15) is 0 Å². The molecule has 1 heterocycles. The van der Waals surface area contributed by atoms with Crippen LogP contribution in [0.5, 0.6) is 5.95 Å². The molecule has 1 aliphatic carbocycles. The molecule has 66 valence electrons. The molecule has 2 rings (SSSR count). The first-order valence-electron chi connectivity index (χ1n) is 4.12. The lowest BCUT2D eigenvalue weighted by atomic mass is 10.3. The maximum absolute atomic E-state index is 5.87. The maximum atomic E-state index is 5.87. The molecule has 0 unspecified atom stereocenters. The van der Waals surface area contributed by atoms with E-state index >= 15 is 0 Å². The number of nitrogens with zero attached hydrogens (tertiary/aromatic N) is 1. The summed E-state index contributed by atoms with van der Waals surface area (Å²) in [5.74, 6) is 1.06. The van der Waals surface area contributed by atoms with Crippen LogP contribution in [-0.2, 0) is 5.54 Å². The molecule has 1 aliphatic rings. The van der Waals surface area contributed by atoms with Crippen LogP contribution < -0.4 is 10.5 Å². The Kier molecular flexibility index (Phi) is 1.58. The predicted molar refractivity (Wildman–Crippen MR) is 42.8 cm³/mol. The van der Waals surface area contributed by atoms with Crippen LogP contribution in [0.1, 0.15) is 25.7 Å². The second-order valence-electron chi connectivity index (χ2n) is 3.07. The molecule has 1 saturated carbocycles. The van der Waals surface area contributed by atoms with Crippen LogP contribution in [-0.4, -0.2) is 11.6 Å². The van der Waals surface area contributed by atoms with Crippen molar-refractivity contribution in [2.45, 2.75) is 25.3 Å². The van der Waals surface area contributed by atoms with E-state index in [0.29, 0.717) is 18.4 Å². The predicted octanol–water partition coefficient (Wildman–Crippen LogP) is 1.02. The van der Waals surface area contributed by atoms with Gasteiger partial charge in [-0.05, 0) is 19.8 Å². The SMILES string of the molecule is CCOc1cnc(C2(N)CC2)o1. The fraction of sp³-hybridized carbons (Fsp3) is 0.625. The highest BCUT2D eigenvalue weighted by atomic mass is 16.6. The lowest BCUT2D eigenvalue weighted by molar-refractivity contribution is 0.243. The lowest BCUT2D eigenvalue weighted by Crippen LogP contribution is -2.18. The lowest BCUT2D eigenvalue weighted by Gasteiger charge is -2.00. The Labute approximate surface area is 70.7 Å². The molecular formula is C8H12N2O2. The third-order valence-corrected chi connectivity index (χ3v) is 1.99. The average Bonchev–Trinajstić information content (AvgIpc) is 2.64. The second-order valence-corrected chi connectivity index (χ2v) is 3.07. The molecule has 0 bridgehead atoms. The van der Waals surface area contributed by atoms with Gasteiger partial charge in [-0.3, -0.25) is 0 Å². The first kappa shape index (κ1) is 7.61. The maximum Gasteiger partial charge on any atom is 0.305 e. The summed E-state index contributed by atoms with van der Waals surface area (Å²) < 4.78 is 10.4. The minimum Gasteiger partial charge on any atom is -0.464 e. The van der Waals surface area contributed by atoms with Crippen LogP contribution in [0.4, 0.5) is 0 Å². The average molecular weight is 168 g/mol. The number of rotatable bonds is 3. The minimum absolute atomic E-state index is 0.296. The van der Waals surface area contributed by atoms with E-state index in [1.54, 1.807) is 6.20 Å². The van der Waals surface area contributed by atoms with E-state index in [4.69, 9.17) is 14.9 Å². The van der Waals surface area contributed by atoms with Crippen molar-refractivity contribution in [3.63, 3.8) is 0 Å². The summed E-state index contributed by atoms with van der Waals surface area (Å²) in [7, 11) is 0. The molecule has 4 heteroatoms. The summed E-state index contributed by atoms with van der Waals surface area (Å²) in [4.78, 5) is 4.05. The molecule has 2 N–H and O–H groups in total. The van der Waals surface area contributed by atoms with E-state index in [0.717, 1.165) is 12.8 Å². The van der Waals surface area contributed by atoms with Crippen molar-refractivity contribution < 1.29 is 9.15 Å². The van der Waals surface area contributed by atoms with Crippen LogP contribution in [0.25, 0.3) is 0 Å². The Morgan fingerprint density at radius 3 is 3.08 bits per heavy atom. The zero-order chi connectivity index (χ0) is 8.60. The zero-order valence-electron chi connectivity index (χ0n) is 7.04. The Morgan fingerprint density at radius 2 is 2.50 bits per heavy atom. The second kappa shape index (κ2) is 2.48. The number of ether oxygens (including phenoxy) is 1. The van der Waals surface area contributed by atoms with Gasteiger partial charge in [0, 0.05) is 0 Å². The molecule has 0 atom stereocenters. The van der Waals surface area contributed by atoms with Gasteiger partial charge in [-0.15, -0.1) is 0 Å². The molecule has 0 radical (unpaired) electrons. The van der Waals surface area contributed by atoms with Gasteiger partial charge in [-0.1, -0.05) is 0 Å². The van der Waals surface area contributed by atoms with Gasteiger partial charge in [-0.2, -0.15) is 0 Å². The van der Waals surface area contributed by atoms with Crippen LogP contribution in [0.15, 0.2) is 10.6 Å². The third-order valence-electron chi connectivity index (χ3n) is 1.99. The van der Waals surface area contributed by atoms with Crippen molar-refractivity contribution >= 4 is 0 Å². The summed E-state index contributed by atoms with van der Waals surface area (Å²) >= 11 is 0. The zero-order valence-corrected chi connectivity index (χ0v) is 7.04. The van der Waals surface area contributed by atoms with E-state index in [1.165, 1.54) is 0 Å². The molecule has 12 heavy (non-hydrogen) atoms. The van der Waals surface area contributed by atoms with Crippen molar-refractivity contribution in [2.75, 3.05) is 6.61 Å². The smallest absolute Gasteiger partial charge is 0.305 e. The molecule has 0 spiro atoms. The van der Waals surface area contributed by atoms with Gasteiger partial charge in [0.2, 0.25) is 5.89 Å². The highest BCUT2D eigenvalue weighted by molar-refractivity contribution is 5.14. The van der Waals surface area contributed by atoms with Crippen LogP contribution >= 0.6 is 0 Å². The summed E-state index contributed by atoms with van der Waals surface area (Å²) in [6.45, 7) is 2.49. The first-order chi connectivity index (χ1) is 5.74. The molecule has 0 aliphatic heterocycles. The van der Waals surface area contributed by atoms with Crippen molar-refractivity contribution in [3.05, 3.63) is 12.1 Å². The molecule has 1 aromatic rings. The molecule has 1 aromatic heterocycles. The number of hydrogen-bond acceptors (Lipinski definition) is 4. The van der Waals surface area contributed by atoms with Crippen molar-refractivity contribution in [2.24, 2.45) is 5.73 Å². The third kappa shape index (κ3) is 1.18. The molecular weight excluding hydrogens is 156 g/mol. The number of hydrogen-bond donors (Lipinski definition) is 1. The molecule has 1 fully saturated rings. The van der Waals surface area contributed by atoms with Gasteiger partial charge >= 0.3 is 5.95 Å². The van der Waals surface area contributed by atoms with Crippen LogP contribution in [0, 0.1) is 0 Å². The number of nitrogens with two attached hydrogens (primary N) is 1. The van der Waals surface area contributed by atoms with E-state index in [-0.39, 0.29) is 5.54 Å². The highest BCUT2D eigenvalue weighted by Gasteiger charge is 2.44.